The number of anilines is 2. The lowest BCUT2D eigenvalue weighted by Crippen LogP contribution is -2.25. The molecular weight excluding hydrogens is 243 g/mol. The van der Waals surface area contributed by atoms with E-state index in [0.717, 1.165) is 51.0 Å². The number of pyridine rings is 1. The number of alkyl halides is 3. The van der Waals surface area contributed by atoms with E-state index in [-0.39, 0.29) is 0 Å². The molecule has 1 aliphatic heterocycles. The van der Waals surface area contributed by atoms with Gasteiger partial charge in [0.25, 0.3) is 0 Å². The van der Waals surface area contributed by atoms with Gasteiger partial charge in [-0.1, -0.05) is 12.8 Å². The van der Waals surface area contributed by atoms with Gasteiger partial charge < -0.3 is 10.6 Å². The monoisotopic (exact) mass is 259 g/mol. The van der Waals surface area contributed by atoms with Gasteiger partial charge in [0.05, 0.1) is 17.6 Å². The first kappa shape index (κ1) is 13.0. The van der Waals surface area contributed by atoms with Crippen molar-refractivity contribution < 1.29 is 13.2 Å². The van der Waals surface area contributed by atoms with Gasteiger partial charge in [0.15, 0.2) is 0 Å². The van der Waals surface area contributed by atoms with Crippen LogP contribution in [-0.2, 0) is 6.18 Å². The number of hydrogen-bond donors (Lipinski definition) is 1. The zero-order valence-corrected chi connectivity index (χ0v) is 10.0. The van der Waals surface area contributed by atoms with E-state index in [1.807, 2.05) is 4.90 Å². The third-order valence-electron chi connectivity index (χ3n) is 3.15. The molecule has 100 valence electrons. The molecule has 0 bridgehead atoms. The van der Waals surface area contributed by atoms with Gasteiger partial charge in [-0.15, -0.1) is 0 Å². The summed E-state index contributed by atoms with van der Waals surface area (Å²) in [5, 5.41) is 0. The highest BCUT2D eigenvalue weighted by atomic mass is 19.4. The molecule has 0 atom stereocenters. The van der Waals surface area contributed by atoms with E-state index in [4.69, 9.17) is 5.73 Å². The van der Waals surface area contributed by atoms with Crippen LogP contribution in [0.4, 0.5) is 24.5 Å². The highest BCUT2D eigenvalue weighted by molar-refractivity contribution is 5.67. The second-order valence-corrected chi connectivity index (χ2v) is 4.53. The highest BCUT2D eigenvalue weighted by Crippen LogP contribution is 2.33. The first-order chi connectivity index (χ1) is 8.48. The number of rotatable bonds is 1. The van der Waals surface area contributed by atoms with Crippen LogP contribution in [0.25, 0.3) is 0 Å². The summed E-state index contributed by atoms with van der Waals surface area (Å²) in [6, 6.07) is 1.06. The molecule has 0 aliphatic carbocycles. The van der Waals surface area contributed by atoms with E-state index in [2.05, 4.69) is 4.98 Å². The molecule has 3 nitrogen and oxygen atoms in total. The summed E-state index contributed by atoms with van der Waals surface area (Å²) >= 11 is 0. The second-order valence-electron chi connectivity index (χ2n) is 4.53. The molecule has 0 radical (unpaired) electrons. The molecule has 0 aromatic carbocycles. The number of nitrogens with zero attached hydrogens (tertiary/aromatic N) is 2. The molecule has 1 fully saturated rings. The molecule has 1 aliphatic rings. The number of halogens is 3. The van der Waals surface area contributed by atoms with Gasteiger partial charge in [-0.2, -0.15) is 13.2 Å². The minimum Gasteiger partial charge on any atom is -0.396 e. The van der Waals surface area contributed by atoms with E-state index < -0.39 is 11.9 Å². The van der Waals surface area contributed by atoms with Crippen molar-refractivity contribution in [3.05, 3.63) is 18.0 Å². The summed E-state index contributed by atoms with van der Waals surface area (Å²) in [5.41, 5.74) is 5.63. The number of nitrogens with two attached hydrogens (primary N) is 1. The van der Waals surface area contributed by atoms with Crippen LogP contribution in [0.3, 0.4) is 0 Å². The Morgan fingerprint density at radius 1 is 1.11 bits per heavy atom. The first-order valence-corrected chi connectivity index (χ1v) is 6.06. The SMILES string of the molecule is Nc1cnc(C(F)(F)F)cc1N1CCCCCC1. The molecule has 1 aromatic rings. The Morgan fingerprint density at radius 2 is 1.72 bits per heavy atom. The van der Waals surface area contributed by atoms with Crippen molar-refractivity contribution in [3.8, 4) is 0 Å². The van der Waals surface area contributed by atoms with Gasteiger partial charge in [0, 0.05) is 13.1 Å². The third kappa shape index (κ3) is 2.86. The normalized spacial score (nSPS) is 17.6. The zero-order valence-electron chi connectivity index (χ0n) is 10.0. The molecule has 6 heteroatoms. The lowest BCUT2D eigenvalue weighted by atomic mass is 10.2. The van der Waals surface area contributed by atoms with Crippen molar-refractivity contribution in [2.24, 2.45) is 0 Å². The topological polar surface area (TPSA) is 42.1 Å². The Bertz CT molecular complexity index is 410. The molecule has 2 N–H and O–H groups in total. The average Bonchev–Trinajstić information content (AvgIpc) is 2.56. The summed E-state index contributed by atoms with van der Waals surface area (Å²) in [7, 11) is 0. The summed E-state index contributed by atoms with van der Waals surface area (Å²) in [6.45, 7) is 1.51. The Morgan fingerprint density at radius 3 is 2.28 bits per heavy atom. The van der Waals surface area contributed by atoms with Crippen molar-refractivity contribution in [2.45, 2.75) is 31.9 Å². The fourth-order valence-corrected chi connectivity index (χ4v) is 2.20. The minimum atomic E-state index is -4.42. The average molecular weight is 259 g/mol. The van der Waals surface area contributed by atoms with Crippen molar-refractivity contribution in [1.29, 1.82) is 0 Å². The number of nitrogen functional groups attached to an aromatic ring is 1. The van der Waals surface area contributed by atoms with E-state index >= 15 is 0 Å². The van der Waals surface area contributed by atoms with Gasteiger partial charge in [-0.3, -0.25) is 0 Å². The number of aromatic nitrogens is 1. The molecule has 0 saturated carbocycles. The largest absolute Gasteiger partial charge is 0.433 e. The number of hydrogen-bond acceptors (Lipinski definition) is 3. The molecule has 1 aromatic heterocycles. The van der Waals surface area contributed by atoms with Crippen LogP contribution in [0.2, 0.25) is 0 Å². The van der Waals surface area contributed by atoms with Crippen molar-refractivity contribution in [2.75, 3.05) is 23.7 Å². The second kappa shape index (κ2) is 5.04. The van der Waals surface area contributed by atoms with E-state index in [9.17, 15) is 13.2 Å². The molecule has 0 spiro atoms. The van der Waals surface area contributed by atoms with Crippen LogP contribution in [0.5, 0.6) is 0 Å². The molecule has 0 amide bonds. The van der Waals surface area contributed by atoms with Crippen molar-refractivity contribution in [3.63, 3.8) is 0 Å². The fraction of sp³-hybridized carbons (Fsp3) is 0.583. The Hall–Kier alpha value is -1.46. The van der Waals surface area contributed by atoms with Crippen LogP contribution < -0.4 is 10.6 Å². The van der Waals surface area contributed by atoms with Gasteiger partial charge in [-0.05, 0) is 18.9 Å². The maximum absolute atomic E-state index is 12.6. The quantitative estimate of drug-likeness (QED) is 0.842. The summed E-state index contributed by atoms with van der Waals surface area (Å²) in [6.07, 6.45) is 0.894. The smallest absolute Gasteiger partial charge is 0.396 e. The highest BCUT2D eigenvalue weighted by Gasteiger charge is 2.33. The fourth-order valence-electron chi connectivity index (χ4n) is 2.20. The molecule has 1 saturated heterocycles. The van der Waals surface area contributed by atoms with Gasteiger partial charge >= 0.3 is 6.18 Å². The lowest BCUT2D eigenvalue weighted by molar-refractivity contribution is -0.141. The summed E-state index contributed by atoms with van der Waals surface area (Å²) in [4.78, 5) is 5.28. The van der Waals surface area contributed by atoms with Crippen molar-refractivity contribution >= 4 is 11.4 Å². The zero-order chi connectivity index (χ0) is 13.2. The van der Waals surface area contributed by atoms with E-state index in [1.54, 1.807) is 0 Å². The Balaban J connectivity index is 2.30. The maximum atomic E-state index is 12.6. The van der Waals surface area contributed by atoms with Crippen LogP contribution >= 0.6 is 0 Å². The predicted octanol–water partition coefficient (Wildman–Crippen LogP) is 3.06. The molecule has 2 rings (SSSR count). The van der Waals surface area contributed by atoms with Crippen molar-refractivity contribution in [1.82, 2.24) is 4.98 Å². The molecular formula is C12H16F3N3. The van der Waals surface area contributed by atoms with Crippen LogP contribution in [-0.4, -0.2) is 18.1 Å². The van der Waals surface area contributed by atoms with Gasteiger partial charge in [-0.25, -0.2) is 4.98 Å². The van der Waals surface area contributed by atoms with Gasteiger partial charge in [0.2, 0.25) is 0 Å². The summed E-state index contributed by atoms with van der Waals surface area (Å²) < 4.78 is 37.9. The minimum absolute atomic E-state index is 0.310. The Kier molecular flexibility index (Phi) is 3.63. The molecule has 18 heavy (non-hydrogen) atoms. The molecule has 2 heterocycles. The summed E-state index contributed by atoms with van der Waals surface area (Å²) in [5.74, 6) is 0. The third-order valence-corrected chi connectivity index (χ3v) is 3.15. The first-order valence-electron chi connectivity index (χ1n) is 6.06. The Labute approximate surface area is 104 Å². The van der Waals surface area contributed by atoms with Crippen LogP contribution in [0.1, 0.15) is 31.4 Å². The molecule has 0 unspecified atom stereocenters. The van der Waals surface area contributed by atoms with Crippen LogP contribution in [0.15, 0.2) is 12.3 Å². The maximum Gasteiger partial charge on any atom is 0.433 e. The van der Waals surface area contributed by atoms with Crippen LogP contribution in [0, 0.1) is 0 Å². The van der Waals surface area contributed by atoms with Gasteiger partial charge in [0.1, 0.15) is 5.69 Å². The standard InChI is InChI=1S/C12H16F3N3/c13-12(14,15)11-7-10(9(16)8-17-11)18-5-3-1-2-4-6-18/h7-8H,1-6,16H2. The lowest BCUT2D eigenvalue weighted by Gasteiger charge is -2.24. The van der Waals surface area contributed by atoms with E-state index in [1.165, 1.54) is 0 Å². The predicted molar refractivity (Wildman–Crippen MR) is 64.3 cm³/mol. The van der Waals surface area contributed by atoms with E-state index in [0.29, 0.717) is 11.4 Å².